The van der Waals surface area contributed by atoms with E-state index in [1.54, 1.807) is 10.7 Å². The average molecular weight is 265 g/mol. The van der Waals surface area contributed by atoms with Gasteiger partial charge >= 0.3 is 0 Å². The number of rotatable bonds is 2. The third-order valence-corrected chi connectivity index (χ3v) is 3.25. The molecule has 0 amide bonds. The van der Waals surface area contributed by atoms with Crippen LogP contribution in [0.5, 0.6) is 0 Å². The maximum Gasteiger partial charge on any atom is 0.132 e. The predicted molar refractivity (Wildman–Crippen MR) is 66.6 cm³/mol. The number of anilines is 1. The second-order valence-electron chi connectivity index (χ2n) is 4.65. The summed E-state index contributed by atoms with van der Waals surface area (Å²) in [6.07, 6.45) is 0. The van der Waals surface area contributed by atoms with Gasteiger partial charge in [-0.1, -0.05) is 0 Å². The zero-order valence-corrected chi connectivity index (χ0v) is 10.1. The fourth-order valence-electron chi connectivity index (χ4n) is 2.20. The fraction of sp³-hybridized carbons (Fsp3) is 0.308. The molecule has 0 saturated carbocycles. The highest BCUT2D eigenvalue weighted by Crippen LogP contribution is 2.27. The van der Waals surface area contributed by atoms with E-state index in [-0.39, 0.29) is 18.1 Å². The van der Waals surface area contributed by atoms with Gasteiger partial charge in [-0.3, -0.25) is 0 Å². The van der Waals surface area contributed by atoms with Gasteiger partial charge in [-0.15, -0.1) is 0 Å². The number of aromatic nitrogens is 2. The lowest BCUT2D eigenvalue weighted by Gasteiger charge is -2.22. The van der Waals surface area contributed by atoms with E-state index >= 15 is 0 Å². The molecule has 0 aliphatic carbocycles. The van der Waals surface area contributed by atoms with Crippen molar-refractivity contribution >= 4 is 5.82 Å². The summed E-state index contributed by atoms with van der Waals surface area (Å²) in [7, 11) is 0. The van der Waals surface area contributed by atoms with Crippen LogP contribution in [-0.4, -0.2) is 28.0 Å². The molecular weight excluding hydrogens is 252 g/mol. The summed E-state index contributed by atoms with van der Waals surface area (Å²) in [6.45, 7) is 1.28. The van der Waals surface area contributed by atoms with E-state index in [4.69, 9.17) is 5.11 Å². The van der Waals surface area contributed by atoms with Gasteiger partial charge in [-0.2, -0.15) is 5.10 Å². The van der Waals surface area contributed by atoms with Gasteiger partial charge in [0.15, 0.2) is 0 Å². The normalized spacial score (nSPS) is 17.9. The second kappa shape index (κ2) is 4.62. The van der Waals surface area contributed by atoms with Crippen molar-refractivity contribution < 1.29 is 13.9 Å². The van der Waals surface area contributed by atoms with Crippen molar-refractivity contribution in [1.29, 1.82) is 0 Å². The first kappa shape index (κ1) is 12.1. The minimum Gasteiger partial charge on any atom is -0.396 e. The fourth-order valence-corrected chi connectivity index (χ4v) is 2.20. The smallest absolute Gasteiger partial charge is 0.132 e. The number of fused-ring (bicyclic) bond motifs is 1. The molecule has 0 saturated heterocycles. The zero-order chi connectivity index (χ0) is 13.4. The number of benzene rings is 1. The van der Waals surface area contributed by atoms with Crippen LogP contribution in [0, 0.1) is 17.6 Å². The molecule has 1 aromatic heterocycles. The van der Waals surface area contributed by atoms with Crippen molar-refractivity contribution in [2.45, 2.75) is 6.54 Å². The van der Waals surface area contributed by atoms with Crippen molar-refractivity contribution in [3.63, 3.8) is 0 Å². The first-order chi connectivity index (χ1) is 9.17. The number of halogens is 2. The SMILES string of the molecule is OCC1CNc2cc(-c3cc(F)ccc3F)nn2C1. The Hall–Kier alpha value is -1.95. The van der Waals surface area contributed by atoms with Crippen LogP contribution in [0.4, 0.5) is 14.6 Å². The molecule has 6 heteroatoms. The Labute approximate surface area is 108 Å². The van der Waals surface area contributed by atoms with Crippen molar-refractivity contribution in [3.05, 3.63) is 35.9 Å². The lowest BCUT2D eigenvalue weighted by molar-refractivity contribution is 0.209. The van der Waals surface area contributed by atoms with Gasteiger partial charge in [0.2, 0.25) is 0 Å². The van der Waals surface area contributed by atoms with Crippen LogP contribution in [0.25, 0.3) is 11.3 Å². The summed E-state index contributed by atoms with van der Waals surface area (Å²) in [5, 5.41) is 16.5. The highest BCUT2D eigenvalue weighted by atomic mass is 19.1. The summed E-state index contributed by atoms with van der Waals surface area (Å²) in [5.74, 6) is -0.167. The molecule has 1 aliphatic heterocycles. The first-order valence-corrected chi connectivity index (χ1v) is 6.05. The van der Waals surface area contributed by atoms with Crippen LogP contribution in [0.15, 0.2) is 24.3 Å². The van der Waals surface area contributed by atoms with Gasteiger partial charge in [0.25, 0.3) is 0 Å². The van der Waals surface area contributed by atoms with Crippen LogP contribution in [0.1, 0.15) is 0 Å². The zero-order valence-electron chi connectivity index (χ0n) is 10.1. The topological polar surface area (TPSA) is 50.1 Å². The molecule has 0 bridgehead atoms. The van der Waals surface area contributed by atoms with Gasteiger partial charge in [-0.05, 0) is 18.2 Å². The summed E-state index contributed by atoms with van der Waals surface area (Å²) < 4.78 is 28.5. The number of nitrogens with one attached hydrogen (secondary N) is 1. The molecule has 0 spiro atoms. The molecular formula is C13H13F2N3O. The summed E-state index contributed by atoms with van der Waals surface area (Å²) >= 11 is 0. The van der Waals surface area contributed by atoms with E-state index in [0.717, 1.165) is 24.0 Å². The average Bonchev–Trinajstić information content (AvgIpc) is 2.83. The molecule has 1 aliphatic rings. The molecule has 3 rings (SSSR count). The molecule has 0 radical (unpaired) electrons. The van der Waals surface area contributed by atoms with Crippen LogP contribution < -0.4 is 5.32 Å². The van der Waals surface area contributed by atoms with Gasteiger partial charge in [0.1, 0.15) is 17.5 Å². The Balaban J connectivity index is 1.99. The predicted octanol–water partition coefficient (Wildman–Crippen LogP) is 1.86. The van der Waals surface area contributed by atoms with Gasteiger partial charge in [0, 0.05) is 37.2 Å². The number of hydrogen-bond acceptors (Lipinski definition) is 3. The van der Waals surface area contributed by atoms with Crippen molar-refractivity contribution in [2.24, 2.45) is 5.92 Å². The van der Waals surface area contributed by atoms with E-state index < -0.39 is 11.6 Å². The first-order valence-electron chi connectivity index (χ1n) is 6.05. The molecule has 2 N–H and O–H groups in total. The van der Waals surface area contributed by atoms with Crippen LogP contribution in [-0.2, 0) is 6.54 Å². The Morgan fingerprint density at radius 3 is 3.00 bits per heavy atom. The monoisotopic (exact) mass is 265 g/mol. The standard InChI is InChI=1S/C13H13F2N3O/c14-9-1-2-11(15)10(3-9)12-4-13-16-5-8(7-19)6-18(13)17-12/h1-4,8,16,19H,5-7H2. The van der Waals surface area contributed by atoms with Gasteiger partial charge in [0.05, 0.1) is 5.69 Å². The van der Waals surface area contributed by atoms with Crippen LogP contribution in [0.2, 0.25) is 0 Å². The van der Waals surface area contributed by atoms with Crippen molar-refractivity contribution in [3.8, 4) is 11.3 Å². The van der Waals surface area contributed by atoms with Crippen molar-refractivity contribution in [2.75, 3.05) is 18.5 Å². The lowest BCUT2D eigenvalue weighted by Crippen LogP contribution is -2.29. The Kier molecular flexibility index (Phi) is 2.94. The highest BCUT2D eigenvalue weighted by molar-refractivity contribution is 5.64. The quantitative estimate of drug-likeness (QED) is 0.871. The van der Waals surface area contributed by atoms with Crippen LogP contribution >= 0.6 is 0 Å². The summed E-state index contributed by atoms with van der Waals surface area (Å²) in [6, 6.07) is 4.99. The molecule has 1 atom stereocenters. The third-order valence-electron chi connectivity index (χ3n) is 3.25. The van der Waals surface area contributed by atoms with E-state index in [2.05, 4.69) is 10.4 Å². The molecule has 19 heavy (non-hydrogen) atoms. The minimum atomic E-state index is -0.504. The molecule has 0 fully saturated rings. The molecule has 2 aromatic rings. The molecule has 100 valence electrons. The summed E-state index contributed by atoms with van der Waals surface area (Å²) in [5.41, 5.74) is 0.530. The number of hydrogen-bond donors (Lipinski definition) is 2. The Morgan fingerprint density at radius 2 is 2.21 bits per heavy atom. The molecule has 2 heterocycles. The van der Waals surface area contributed by atoms with Gasteiger partial charge in [-0.25, -0.2) is 13.5 Å². The Morgan fingerprint density at radius 1 is 1.37 bits per heavy atom. The van der Waals surface area contributed by atoms with Crippen LogP contribution in [0.3, 0.4) is 0 Å². The van der Waals surface area contributed by atoms with E-state index in [1.165, 1.54) is 0 Å². The lowest BCUT2D eigenvalue weighted by atomic mass is 10.1. The number of aliphatic hydroxyl groups excluding tert-OH is 1. The van der Waals surface area contributed by atoms with Crippen molar-refractivity contribution in [1.82, 2.24) is 9.78 Å². The van der Waals surface area contributed by atoms with E-state index in [0.29, 0.717) is 18.8 Å². The molecule has 4 nitrogen and oxygen atoms in total. The highest BCUT2D eigenvalue weighted by Gasteiger charge is 2.20. The maximum absolute atomic E-state index is 13.7. The maximum atomic E-state index is 13.7. The van der Waals surface area contributed by atoms with E-state index in [9.17, 15) is 8.78 Å². The molecule has 1 unspecified atom stereocenters. The second-order valence-corrected chi connectivity index (χ2v) is 4.65. The minimum absolute atomic E-state index is 0.0654. The number of aliphatic hydroxyl groups is 1. The molecule has 1 aromatic carbocycles. The summed E-state index contributed by atoms with van der Waals surface area (Å²) in [4.78, 5) is 0. The number of nitrogens with zero attached hydrogens (tertiary/aromatic N) is 2. The third kappa shape index (κ3) is 2.19. The van der Waals surface area contributed by atoms with Gasteiger partial charge < -0.3 is 10.4 Å². The van der Waals surface area contributed by atoms with E-state index in [1.807, 2.05) is 0 Å². The largest absolute Gasteiger partial charge is 0.396 e. The Bertz CT molecular complexity index is 612.